The molecule has 2 N–H and O–H groups in total. The molecule has 1 aromatic heterocycles. The van der Waals surface area contributed by atoms with Crippen molar-refractivity contribution in [3.8, 4) is 11.3 Å². The summed E-state index contributed by atoms with van der Waals surface area (Å²) in [5.41, 5.74) is 1.18. The molecule has 27 heavy (non-hydrogen) atoms. The maximum atomic E-state index is 13.0. The zero-order valence-electron chi connectivity index (χ0n) is 13.9. The Bertz CT molecular complexity index is 822. The standard InChI is InChI=1S/C17H16F3N3O4/c18-17(19,20)13-9-23(8-12(13)15(24)25)16(26)21-7-11-6-14(27-22-11)10-4-2-1-3-5-10/h1-6,12-13H,7-9H2,(H,21,26)(H,24,25)/t12-,13-/m1/s1. The molecule has 0 aliphatic carbocycles. The van der Waals surface area contributed by atoms with E-state index in [9.17, 15) is 22.8 Å². The summed E-state index contributed by atoms with van der Waals surface area (Å²) in [7, 11) is 0. The highest BCUT2D eigenvalue weighted by Crippen LogP contribution is 2.37. The summed E-state index contributed by atoms with van der Waals surface area (Å²) in [5, 5.41) is 15.2. The number of amides is 2. The molecule has 1 aromatic carbocycles. The van der Waals surface area contributed by atoms with Gasteiger partial charge in [0.1, 0.15) is 5.69 Å². The van der Waals surface area contributed by atoms with Gasteiger partial charge in [-0.3, -0.25) is 4.79 Å². The third kappa shape index (κ3) is 4.21. The van der Waals surface area contributed by atoms with Gasteiger partial charge >= 0.3 is 18.2 Å². The predicted octanol–water partition coefficient (Wildman–Crippen LogP) is 2.75. The van der Waals surface area contributed by atoms with Gasteiger partial charge in [0, 0.05) is 24.7 Å². The lowest BCUT2D eigenvalue weighted by Gasteiger charge is -2.18. The van der Waals surface area contributed by atoms with Crippen molar-refractivity contribution < 1.29 is 32.4 Å². The SMILES string of the molecule is O=C(O)[C@@H]1CN(C(=O)NCc2cc(-c3ccccc3)on2)C[C@H]1C(F)(F)F. The van der Waals surface area contributed by atoms with Crippen molar-refractivity contribution in [2.45, 2.75) is 12.7 Å². The van der Waals surface area contributed by atoms with Crippen molar-refractivity contribution in [3.63, 3.8) is 0 Å². The number of alkyl halides is 3. The molecular formula is C17H16F3N3O4. The first-order chi connectivity index (χ1) is 12.8. The Kier molecular flexibility index (Phi) is 5.06. The van der Waals surface area contributed by atoms with Crippen molar-refractivity contribution in [3.05, 3.63) is 42.1 Å². The lowest BCUT2D eigenvalue weighted by molar-refractivity contribution is -0.187. The highest BCUT2D eigenvalue weighted by Gasteiger charge is 2.53. The van der Waals surface area contributed by atoms with Crippen LogP contribution in [0.4, 0.5) is 18.0 Å². The fourth-order valence-electron chi connectivity index (χ4n) is 2.96. The quantitative estimate of drug-likeness (QED) is 0.847. The molecular weight excluding hydrogens is 367 g/mol. The first-order valence-corrected chi connectivity index (χ1v) is 8.09. The highest BCUT2D eigenvalue weighted by molar-refractivity contribution is 5.77. The van der Waals surface area contributed by atoms with Crippen molar-refractivity contribution in [2.24, 2.45) is 11.8 Å². The molecule has 3 rings (SSSR count). The number of benzene rings is 1. The number of halogens is 3. The number of carboxylic acids is 1. The second-order valence-electron chi connectivity index (χ2n) is 6.21. The van der Waals surface area contributed by atoms with Crippen molar-refractivity contribution in [2.75, 3.05) is 13.1 Å². The van der Waals surface area contributed by atoms with Crippen LogP contribution in [0.3, 0.4) is 0 Å². The summed E-state index contributed by atoms with van der Waals surface area (Å²) in [6, 6.07) is 9.95. The number of rotatable bonds is 4. The zero-order chi connectivity index (χ0) is 19.6. The zero-order valence-corrected chi connectivity index (χ0v) is 13.9. The number of nitrogens with one attached hydrogen (secondary N) is 1. The number of nitrogens with zero attached hydrogens (tertiary/aromatic N) is 2. The average molecular weight is 383 g/mol. The normalized spacial score (nSPS) is 19.9. The first kappa shape index (κ1) is 18.7. The summed E-state index contributed by atoms with van der Waals surface area (Å²) in [6.45, 7) is -1.25. The fourth-order valence-corrected chi connectivity index (χ4v) is 2.96. The topological polar surface area (TPSA) is 95.7 Å². The third-order valence-electron chi connectivity index (χ3n) is 4.38. The van der Waals surface area contributed by atoms with E-state index in [0.717, 1.165) is 10.5 Å². The molecule has 1 saturated heterocycles. The molecule has 1 aliphatic heterocycles. The van der Waals surface area contributed by atoms with Gasteiger partial charge in [0.25, 0.3) is 0 Å². The second-order valence-corrected chi connectivity index (χ2v) is 6.21. The van der Waals surface area contributed by atoms with E-state index in [2.05, 4.69) is 10.5 Å². The van der Waals surface area contributed by atoms with Crippen molar-refractivity contribution in [1.82, 2.24) is 15.4 Å². The molecule has 2 atom stereocenters. The van der Waals surface area contributed by atoms with Gasteiger partial charge in [0.2, 0.25) is 0 Å². The van der Waals surface area contributed by atoms with Gasteiger partial charge in [0.05, 0.1) is 18.4 Å². The van der Waals surface area contributed by atoms with E-state index >= 15 is 0 Å². The molecule has 1 aliphatic rings. The largest absolute Gasteiger partial charge is 0.481 e. The van der Waals surface area contributed by atoms with Crippen molar-refractivity contribution in [1.29, 1.82) is 0 Å². The average Bonchev–Trinajstić information content (AvgIpc) is 3.27. The number of carbonyl (C=O) groups is 2. The number of urea groups is 1. The van der Waals surface area contributed by atoms with Gasteiger partial charge < -0.3 is 19.8 Å². The number of carboxylic acid groups (broad SMARTS) is 1. The van der Waals surface area contributed by atoms with Crippen LogP contribution in [0, 0.1) is 11.8 Å². The van der Waals surface area contributed by atoms with Crippen molar-refractivity contribution >= 4 is 12.0 Å². The molecule has 7 nitrogen and oxygen atoms in total. The van der Waals surface area contributed by atoms with Crippen LogP contribution in [0.2, 0.25) is 0 Å². The van der Waals surface area contributed by atoms with E-state index in [4.69, 9.17) is 9.63 Å². The van der Waals surface area contributed by atoms with Gasteiger partial charge in [-0.15, -0.1) is 0 Å². The molecule has 2 heterocycles. The smallest absolute Gasteiger partial charge is 0.394 e. The van der Waals surface area contributed by atoms with Gasteiger partial charge in [-0.05, 0) is 0 Å². The Morgan fingerprint density at radius 2 is 1.96 bits per heavy atom. The molecule has 0 radical (unpaired) electrons. The van der Waals surface area contributed by atoms with E-state index in [1.165, 1.54) is 0 Å². The minimum Gasteiger partial charge on any atom is -0.481 e. The molecule has 2 aromatic rings. The van der Waals surface area contributed by atoms with Gasteiger partial charge in [-0.1, -0.05) is 35.5 Å². The number of carbonyl (C=O) groups excluding carboxylic acids is 1. The molecule has 0 saturated carbocycles. The van der Waals surface area contributed by atoms with E-state index in [1.54, 1.807) is 6.07 Å². The summed E-state index contributed by atoms with van der Waals surface area (Å²) >= 11 is 0. The molecule has 1 fully saturated rings. The van der Waals surface area contributed by atoms with Gasteiger partial charge in [0.15, 0.2) is 5.76 Å². The molecule has 0 spiro atoms. The van der Waals surface area contributed by atoms with Gasteiger partial charge in [-0.2, -0.15) is 13.2 Å². The van der Waals surface area contributed by atoms with E-state index in [1.807, 2.05) is 30.3 Å². The van der Waals surface area contributed by atoms with Crippen LogP contribution in [0.5, 0.6) is 0 Å². The lowest BCUT2D eigenvalue weighted by atomic mass is 9.96. The number of aromatic nitrogens is 1. The summed E-state index contributed by atoms with van der Waals surface area (Å²) in [6.07, 6.45) is -4.69. The monoisotopic (exact) mass is 383 g/mol. The van der Waals surface area contributed by atoms with Crippen LogP contribution in [-0.4, -0.2) is 46.4 Å². The molecule has 2 amide bonds. The maximum Gasteiger partial charge on any atom is 0.394 e. The molecule has 144 valence electrons. The number of hydrogen-bond donors (Lipinski definition) is 2. The minimum atomic E-state index is -4.69. The molecule has 0 bridgehead atoms. The molecule has 0 unspecified atom stereocenters. The van der Waals surface area contributed by atoms with Gasteiger partial charge in [-0.25, -0.2) is 4.79 Å². The lowest BCUT2D eigenvalue weighted by Crippen LogP contribution is -2.39. The van der Waals surface area contributed by atoms with Crippen LogP contribution in [0.25, 0.3) is 11.3 Å². The Morgan fingerprint density at radius 3 is 2.56 bits per heavy atom. The Labute approximate surface area is 151 Å². The summed E-state index contributed by atoms with van der Waals surface area (Å²) < 4.78 is 44.1. The summed E-state index contributed by atoms with van der Waals surface area (Å²) in [5.74, 6) is -4.84. The Hall–Kier alpha value is -3.04. The van der Waals surface area contributed by atoms with Crippen LogP contribution >= 0.6 is 0 Å². The first-order valence-electron chi connectivity index (χ1n) is 8.09. The maximum absolute atomic E-state index is 13.0. The van der Waals surface area contributed by atoms with E-state index < -0.39 is 43.1 Å². The third-order valence-corrected chi connectivity index (χ3v) is 4.38. The van der Waals surface area contributed by atoms with E-state index in [0.29, 0.717) is 11.5 Å². The minimum absolute atomic E-state index is 0.0555. The molecule has 10 heteroatoms. The number of hydrogen-bond acceptors (Lipinski definition) is 4. The summed E-state index contributed by atoms with van der Waals surface area (Å²) in [4.78, 5) is 24.1. The second kappa shape index (κ2) is 7.29. The van der Waals surface area contributed by atoms with Crippen LogP contribution in [-0.2, 0) is 11.3 Å². The Balaban J connectivity index is 1.60. The van der Waals surface area contributed by atoms with Crippen LogP contribution in [0.1, 0.15) is 5.69 Å². The van der Waals surface area contributed by atoms with Crippen LogP contribution in [0.15, 0.2) is 40.9 Å². The fraction of sp³-hybridized carbons (Fsp3) is 0.353. The predicted molar refractivity (Wildman–Crippen MR) is 86.4 cm³/mol. The number of likely N-dealkylation sites (tertiary alicyclic amines) is 1. The number of aliphatic carboxylic acids is 1. The van der Waals surface area contributed by atoms with E-state index in [-0.39, 0.29) is 6.54 Å². The Morgan fingerprint density at radius 1 is 1.26 bits per heavy atom. The van der Waals surface area contributed by atoms with Crippen LogP contribution < -0.4 is 5.32 Å². The highest BCUT2D eigenvalue weighted by atomic mass is 19.4.